The van der Waals surface area contributed by atoms with Gasteiger partial charge in [-0.25, -0.2) is 9.40 Å². The van der Waals surface area contributed by atoms with Crippen LogP contribution in [-0.4, -0.2) is 47.8 Å². The minimum Gasteiger partial charge on any atom is -0.454 e. The van der Waals surface area contributed by atoms with Crippen molar-refractivity contribution in [3.05, 3.63) is 59.4 Å². The Hall–Kier alpha value is -3.42. The summed E-state index contributed by atoms with van der Waals surface area (Å²) in [5.74, 6) is 0.726. The number of nitrogens with zero attached hydrogens (tertiary/aromatic N) is 3. The molecule has 0 aromatic heterocycles. The highest BCUT2D eigenvalue weighted by atomic mass is 19.1. The maximum absolute atomic E-state index is 13.4. The van der Waals surface area contributed by atoms with Gasteiger partial charge in [-0.2, -0.15) is 5.10 Å². The summed E-state index contributed by atoms with van der Waals surface area (Å²) in [6.45, 7) is 0.119. The molecular formula is C23H22FN3O4. The standard InChI is InChI=1S/C23H22FN3O4/c1-26(23(29)15-2-3-15)12-22(28)27-19(16-6-9-20-21(10-16)31-13-30-20)11-18(25-27)14-4-7-17(24)8-5-14/h4-10,15,19H,2-3,11-13H2,1H3. The molecule has 2 heterocycles. The van der Waals surface area contributed by atoms with Crippen molar-refractivity contribution in [2.75, 3.05) is 20.4 Å². The predicted octanol–water partition coefficient (Wildman–Crippen LogP) is 3.10. The number of carbonyl (C=O) groups excluding carboxylic acids is 2. The fourth-order valence-corrected chi connectivity index (χ4v) is 3.93. The number of fused-ring (bicyclic) bond motifs is 1. The summed E-state index contributed by atoms with van der Waals surface area (Å²) in [5.41, 5.74) is 2.30. The lowest BCUT2D eigenvalue weighted by Crippen LogP contribution is -2.39. The van der Waals surface area contributed by atoms with Crippen molar-refractivity contribution in [2.45, 2.75) is 25.3 Å². The summed E-state index contributed by atoms with van der Waals surface area (Å²) >= 11 is 0. The number of carbonyl (C=O) groups is 2. The molecule has 1 unspecified atom stereocenters. The van der Waals surface area contributed by atoms with E-state index in [2.05, 4.69) is 5.10 Å². The Balaban J connectivity index is 1.43. The highest BCUT2D eigenvalue weighted by Gasteiger charge is 2.37. The van der Waals surface area contributed by atoms with Crippen molar-refractivity contribution in [2.24, 2.45) is 11.0 Å². The monoisotopic (exact) mass is 423 g/mol. The molecule has 2 aromatic carbocycles. The molecule has 0 bridgehead atoms. The van der Waals surface area contributed by atoms with E-state index in [0.29, 0.717) is 23.6 Å². The largest absolute Gasteiger partial charge is 0.454 e. The minimum atomic E-state index is -0.355. The fourth-order valence-electron chi connectivity index (χ4n) is 3.93. The van der Waals surface area contributed by atoms with Crippen LogP contribution >= 0.6 is 0 Å². The van der Waals surface area contributed by atoms with Gasteiger partial charge in [0.25, 0.3) is 5.91 Å². The normalized spacial score (nSPS) is 19.4. The van der Waals surface area contributed by atoms with Gasteiger partial charge in [-0.05, 0) is 48.2 Å². The first-order valence-corrected chi connectivity index (χ1v) is 10.3. The Morgan fingerprint density at radius 1 is 1.13 bits per heavy atom. The first kappa shape index (κ1) is 19.5. The Bertz CT molecular complexity index is 1060. The van der Waals surface area contributed by atoms with Gasteiger partial charge in [0.2, 0.25) is 12.7 Å². The molecule has 0 saturated heterocycles. The number of hydrogen-bond donors (Lipinski definition) is 0. The lowest BCUT2D eigenvalue weighted by atomic mass is 9.98. The van der Waals surface area contributed by atoms with E-state index in [1.807, 2.05) is 18.2 Å². The highest BCUT2D eigenvalue weighted by Crippen LogP contribution is 2.39. The van der Waals surface area contributed by atoms with Gasteiger partial charge >= 0.3 is 0 Å². The fraction of sp³-hybridized carbons (Fsp3) is 0.348. The van der Waals surface area contributed by atoms with Gasteiger partial charge in [0.1, 0.15) is 12.4 Å². The second-order valence-electron chi connectivity index (χ2n) is 8.09. The molecule has 7 nitrogen and oxygen atoms in total. The molecular weight excluding hydrogens is 401 g/mol. The third-order valence-corrected chi connectivity index (χ3v) is 5.80. The van der Waals surface area contributed by atoms with Gasteiger partial charge in [-0.3, -0.25) is 9.59 Å². The average Bonchev–Trinajstić information content (AvgIpc) is 3.34. The van der Waals surface area contributed by atoms with E-state index in [1.54, 1.807) is 19.2 Å². The van der Waals surface area contributed by atoms with Gasteiger partial charge in [0, 0.05) is 19.4 Å². The van der Waals surface area contributed by atoms with Gasteiger partial charge in [-0.1, -0.05) is 18.2 Å². The molecule has 1 aliphatic carbocycles. The zero-order valence-electron chi connectivity index (χ0n) is 17.1. The molecule has 2 aliphatic heterocycles. The number of amides is 2. The maximum atomic E-state index is 13.4. The van der Waals surface area contributed by atoms with Crippen molar-refractivity contribution in [1.82, 2.24) is 9.91 Å². The molecule has 160 valence electrons. The molecule has 8 heteroatoms. The lowest BCUT2D eigenvalue weighted by Gasteiger charge is -2.25. The van der Waals surface area contributed by atoms with Crippen LogP contribution in [0.3, 0.4) is 0 Å². The van der Waals surface area contributed by atoms with Crippen LogP contribution in [0.2, 0.25) is 0 Å². The van der Waals surface area contributed by atoms with Gasteiger partial charge in [-0.15, -0.1) is 0 Å². The van der Waals surface area contributed by atoms with Crippen LogP contribution in [0.15, 0.2) is 47.6 Å². The summed E-state index contributed by atoms with van der Waals surface area (Å²) in [6.07, 6.45) is 2.23. The van der Waals surface area contributed by atoms with Crippen molar-refractivity contribution in [1.29, 1.82) is 0 Å². The molecule has 5 rings (SSSR count). The molecule has 0 spiro atoms. The molecule has 0 N–H and O–H groups in total. The van der Waals surface area contributed by atoms with Crippen LogP contribution in [0.25, 0.3) is 0 Å². The second-order valence-corrected chi connectivity index (χ2v) is 8.09. The SMILES string of the molecule is CN(CC(=O)N1N=C(c2ccc(F)cc2)CC1c1ccc2c(c1)OCO2)C(=O)C1CC1. The number of hydrogen-bond acceptors (Lipinski definition) is 5. The third kappa shape index (κ3) is 3.85. The molecule has 2 amide bonds. The number of ether oxygens (including phenoxy) is 2. The van der Waals surface area contributed by atoms with E-state index >= 15 is 0 Å². The maximum Gasteiger partial charge on any atom is 0.262 e. The van der Waals surface area contributed by atoms with Crippen LogP contribution in [0.1, 0.15) is 36.4 Å². The first-order chi connectivity index (χ1) is 15.0. The Morgan fingerprint density at radius 2 is 1.87 bits per heavy atom. The van der Waals surface area contributed by atoms with Gasteiger partial charge in [0.15, 0.2) is 11.5 Å². The van der Waals surface area contributed by atoms with E-state index in [0.717, 1.165) is 24.0 Å². The van der Waals surface area contributed by atoms with E-state index < -0.39 is 0 Å². The summed E-state index contributed by atoms with van der Waals surface area (Å²) in [4.78, 5) is 26.9. The van der Waals surface area contributed by atoms with Crippen LogP contribution in [0, 0.1) is 11.7 Å². The Kier molecular flexibility index (Phi) is 4.84. The van der Waals surface area contributed by atoms with E-state index in [-0.39, 0.29) is 42.9 Å². The summed E-state index contributed by atoms with van der Waals surface area (Å²) in [6, 6.07) is 11.3. The lowest BCUT2D eigenvalue weighted by molar-refractivity contribution is -0.141. The number of hydrazone groups is 1. The van der Waals surface area contributed by atoms with Crippen molar-refractivity contribution in [3.8, 4) is 11.5 Å². The molecule has 1 atom stereocenters. The van der Waals surface area contributed by atoms with Crippen molar-refractivity contribution < 1.29 is 23.5 Å². The van der Waals surface area contributed by atoms with Gasteiger partial charge in [0.05, 0.1) is 11.8 Å². The smallest absolute Gasteiger partial charge is 0.262 e. The number of rotatable bonds is 5. The van der Waals surface area contributed by atoms with E-state index in [9.17, 15) is 14.0 Å². The predicted molar refractivity (Wildman–Crippen MR) is 110 cm³/mol. The average molecular weight is 423 g/mol. The number of halogens is 1. The number of likely N-dealkylation sites (N-methyl/N-ethyl adjacent to an activating group) is 1. The van der Waals surface area contributed by atoms with Crippen LogP contribution in [0.5, 0.6) is 11.5 Å². The first-order valence-electron chi connectivity index (χ1n) is 10.3. The summed E-state index contributed by atoms with van der Waals surface area (Å²) in [5, 5.41) is 6.02. The quantitative estimate of drug-likeness (QED) is 0.741. The Labute approximate surface area is 179 Å². The zero-order chi connectivity index (χ0) is 21.5. The molecule has 1 saturated carbocycles. The summed E-state index contributed by atoms with van der Waals surface area (Å²) < 4.78 is 24.2. The van der Waals surface area contributed by atoms with Gasteiger partial charge < -0.3 is 14.4 Å². The topological polar surface area (TPSA) is 71.4 Å². The van der Waals surface area contributed by atoms with Crippen LogP contribution in [0.4, 0.5) is 4.39 Å². The highest BCUT2D eigenvalue weighted by molar-refractivity contribution is 6.03. The second kappa shape index (κ2) is 7.68. The minimum absolute atomic E-state index is 0.00471. The van der Waals surface area contributed by atoms with Crippen molar-refractivity contribution in [3.63, 3.8) is 0 Å². The Morgan fingerprint density at radius 3 is 2.61 bits per heavy atom. The zero-order valence-corrected chi connectivity index (χ0v) is 17.1. The van der Waals surface area contributed by atoms with E-state index in [1.165, 1.54) is 22.0 Å². The third-order valence-electron chi connectivity index (χ3n) is 5.80. The molecule has 1 fully saturated rings. The van der Waals surface area contributed by atoms with Crippen molar-refractivity contribution >= 4 is 17.5 Å². The number of benzene rings is 2. The van der Waals surface area contributed by atoms with E-state index in [4.69, 9.17) is 9.47 Å². The molecule has 3 aliphatic rings. The molecule has 2 aromatic rings. The van der Waals surface area contributed by atoms with Crippen LogP contribution < -0.4 is 9.47 Å². The molecule has 0 radical (unpaired) electrons. The molecule has 31 heavy (non-hydrogen) atoms. The van der Waals surface area contributed by atoms with Crippen LogP contribution in [-0.2, 0) is 9.59 Å². The summed E-state index contributed by atoms with van der Waals surface area (Å²) in [7, 11) is 1.65.